The zero-order valence-corrected chi connectivity index (χ0v) is 16.0. The van der Waals surface area contributed by atoms with Crippen LogP contribution < -0.4 is 4.74 Å². The summed E-state index contributed by atoms with van der Waals surface area (Å²) >= 11 is 0. The summed E-state index contributed by atoms with van der Waals surface area (Å²) in [5.41, 5.74) is 3.90. The molecule has 0 saturated heterocycles. The van der Waals surface area contributed by atoms with E-state index in [1.165, 1.54) is 48.9 Å². The lowest BCUT2D eigenvalue weighted by Gasteiger charge is -2.07. The zero-order valence-electron chi connectivity index (χ0n) is 16.0. The van der Waals surface area contributed by atoms with Gasteiger partial charge in [-0.25, -0.2) is 0 Å². The van der Waals surface area contributed by atoms with Crippen LogP contribution in [0.4, 0.5) is 0 Å². The number of aromatic nitrogens is 1. The number of nitrogens with zero attached hydrogens (tertiary/aromatic N) is 1. The van der Waals surface area contributed by atoms with Gasteiger partial charge in [0.15, 0.2) is 0 Å². The summed E-state index contributed by atoms with van der Waals surface area (Å²) in [5, 5.41) is 0. The van der Waals surface area contributed by atoms with Gasteiger partial charge in [-0.2, -0.15) is 0 Å². The van der Waals surface area contributed by atoms with Gasteiger partial charge in [-0.3, -0.25) is 4.98 Å². The Balaban J connectivity index is 1.73. The van der Waals surface area contributed by atoms with Gasteiger partial charge in [0, 0.05) is 11.9 Å². The molecular formula is C23H33NO. The van der Waals surface area contributed by atoms with Crippen molar-refractivity contribution >= 4 is 0 Å². The highest BCUT2D eigenvalue weighted by Crippen LogP contribution is 2.15. The van der Waals surface area contributed by atoms with Crippen molar-refractivity contribution in [1.29, 1.82) is 0 Å². The molecule has 1 aromatic carbocycles. The van der Waals surface area contributed by atoms with E-state index in [1.807, 2.05) is 0 Å². The van der Waals surface area contributed by atoms with Crippen LogP contribution in [-0.4, -0.2) is 11.6 Å². The van der Waals surface area contributed by atoms with Crippen LogP contribution in [-0.2, 0) is 19.3 Å². The third-order valence-electron chi connectivity index (χ3n) is 4.56. The van der Waals surface area contributed by atoms with Crippen LogP contribution in [0.1, 0.15) is 69.2 Å². The number of unbranched alkanes of at least 4 members (excludes halogenated alkanes) is 4. The Hall–Kier alpha value is -1.83. The van der Waals surface area contributed by atoms with Gasteiger partial charge in [0.2, 0.25) is 0 Å². The van der Waals surface area contributed by atoms with Gasteiger partial charge < -0.3 is 4.74 Å². The minimum absolute atomic E-state index is 0.812. The molecule has 2 nitrogen and oxygen atoms in total. The van der Waals surface area contributed by atoms with Gasteiger partial charge in [0.1, 0.15) is 5.75 Å². The van der Waals surface area contributed by atoms with Crippen molar-refractivity contribution in [1.82, 2.24) is 4.98 Å². The van der Waals surface area contributed by atoms with E-state index in [2.05, 4.69) is 61.4 Å². The van der Waals surface area contributed by atoms with Gasteiger partial charge >= 0.3 is 0 Å². The Morgan fingerprint density at radius 2 is 1.44 bits per heavy atom. The molecule has 2 heteroatoms. The summed E-state index contributed by atoms with van der Waals surface area (Å²) in [6.07, 6.45) is 12.7. The molecule has 0 aliphatic carbocycles. The van der Waals surface area contributed by atoms with Crippen LogP contribution >= 0.6 is 0 Å². The Bertz CT molecular complexity index is 574. The summed E-state index contributed by atoms with van der Waals surface area (Å²) < 4.78 is 5.71. The van der Waals surface area contributed by atoms with E-state index in [4.69, 9.17) is 4.74 Å². The summed E-state index contributed by atoms with van der Waals surface area (Å²) in [5.74, 6) is 0.978. The highest BCUT2D eigenvalue weighted by atomic mass is 16.5. The van der Waals surface area contributed by atoms with Crippen LogP contribution in [0.15, 0.2) is 42.6 Å². The maximum atomic E-state index is 5.71. The van der Waals surface area contributed by atoms with E-state index in [1.54, 1.807) is 0 Å². The van der Waals surface area contributed by atoms with E-state index >= 15 is 0 Å². The molecule has 0 saturated carbocycles. The number of hydrogen-bond acceptors (Lipinski definition) is 2. The fraction of sp³-hybridized carbons (Fsp3) is 0.522. The Morgan fingerprint density at radius 3 is 2.12 bits per heavy atom. The first kappa shape index (κ1) is 19.5. The SMILES string of the molecule is CCCCCCc1ccc(CCc2ccc(OCCCC)cc2)cn1. The van der Waals surface area contributed by atoms with Crippen molar-refractivity contribution < 1.29 is 4.74 Å². The molecule has 25 heavy (non-hydrogen) atoms. The molecule has 0 aliphatic heterocycles. The van der Waals surface area contributed by atoms with Crippen molar-refractivity contribution in [2.45, 2.75) is 71.6 Å². The van der Waals surface area contributed by atoms with E-state index in [-0.39, 0.29) is 0 Å². The second-order valence-electron chi connectivity index (χ2n) is 6.81. The molecule has 0 spiro atoms. The van der Waals surface area contributed by atoms with E-state index < -0.39 is 0 Å². The number of aryl methyl sites for hydroxylation is 3. The minimum atomic E-state index is 0.812. The van der Waals surface area contributed by atoms with Crippen molar-refractivity contribution in [2.75, 3.05) is 6.61 Å². The number of hydrogen-bond donors (Lipinski definition) is 0. The smallest absolute Gasteiger partial charge is 0.119 e. The van der Waals surface area contributed by atoms with Gasteiger partial charge in [-0.15, -0.1) is 0 Å². The summed E-state index contributed by atoms with van der Waals surface area (Å²) in [6.45, 7) is 5.24. The van der Waals surface area contributed by atoms with Gasteiger partial charge in [-0.05, 0) is 61.4 Å². The quantitative estimate of drug-likeness (QED) is 0.431. The molecule has 0 aliphatic rings. The average molecular weight is 340 g/mol. The molecular weight excluding hydrogens is 306 g/mol. The largest absolute Gasteiger partial charge is 0.494 e. The highest BCUT2D eigenvalue weighted by Gasteiger charge is 2.00. The van der Waals surface area contributed by atoms with Crippen molar-refractivity contribution in [3.63, 3.8) is 0 Å². The average Bonchev–Trinajstić information content (AvgIpc) is 2.66. The fourth-order valence-corrected chi connectivity index (χ4v) is 2.86. The van der Waals surface area contributed by atoms with E-state index in [0.717, 1.165) is 38.0 Å². The fourth-order valence-electron chi connectivity index (χ4n) is 2.86. The van der Waals surface area contributed by atoms with Gasteiger partial charge in [0.05, 0.1) is 6.61 Å². The zero-order chi connectivity index (χ0) is 17.7. The van der Waals surface area contributed by atoms with Crippen LogP contribution in [0, 0.1) is 0 Å². The molecule has 0 amide bonds. The Kier molecular flexibility index (Phi) is 9.11. The number of pyridine rings is 1. The summed E-state index contributed by atoms with van der Waals surface area (Å²) in [6, 6.07) is 13.0. The number of ether oxygens (including phenoxy) is 1. The van der Waals surface area contributed by atoms with Gasteiger partial charge in [-0.1, -0.05) is 57.7 Å². The predicted molar refractivity (Wildman–Crippen MR) is 106 cm³/mol. The van der Waals surface area contributed by atoms with Crippen LogP contribution in [0.5, 0.6) is 5.75 Å². The second-order valence-corrected chi connectivity index (χ2v) is 6.81. The molecule has 1 heterocycles. The first-order chi connectivity index (χ1) is 12.3. The summed E-state index contributed by atoms with van der Waals surface area (Å²) in [4.78, 5) is 4.62. The maximum absolute atomic E-state index is 5.71. The topological polar surface area (TPSA) is 22.1 Å². The van der Waals surface area contributed by atoms with Crippen LogP contribution in [0.3, 0.4) is 0 Å². The lowest BCUT2D eigenvalue weighted by molar-refractivity contribution is 0.309. The molecule has 136 valence electrons. The predicted octanol–water partition coefficient (Wildman–Crippen LogP) is 6.17. The van der Waals surface area contributed by atoms with Crippen LogP contribution in [0.2, 0.25) is 0 Å². The standard InChI is InChI=1S/C23H33NO/c1-3-5-7-8-9-22-15-12-21(19-24-22)11-10-20-13-16-23(17-14-20)25-18-6-4-2/h12-17,19H,3-11,18H2,1-2H3. The molecule has 0 bridgehead atoms. The maximum Gasteiger partial charge on any atom is 0.119 e. The molecule has 2 aromatic rings. The number of benzene rings is 1. The molecule has 1 aromatic heterocycles. The first-order valence-electron chi connectivity index (χ1n) is 9.97. The normalized spacial score (nSPS) is 10.8. The second kappa shape index (κ2) is 11.7. The first-order valence-corrected chi connectivity index (χ1v) is 9.97. The molecule has 0 N–H and O–H groups in total. The lowest BCUT2D eigenvalue weighted by atomic mass is 10.0. The van der Waals surface area contributed by atoms with Crippen molar-refractivity contribution in [3.05, 3.63) is 59.4 Å². The lowest BCUT2D eigenvalue weighted by Crippen LogP contribution is -1.97. The van der Waals surface area contributed by atoms with Crippen molar-refractivity contribution in [2.24, 2.45) is 0 Å². The monoisotopic (exact) mass is 339 g/mol. The Morgan fingerprint density at radius 1 is 0.720 bits per heavy atom. The molecule has 2 rings (SSSR count). The van der Waals surface area contributed by atoms with Gasteiger partial charge in [0.25, 0.3) is 0 Å². The van der Waals surface area contributed by atoms with E-state index in [0.29, 0.717) is 0 Å². The number of rotatable bonds is 12. The third kappa shape index (κ3) is 7.72. The third-order valence-corrected chi connectivity index (χ3v) is 4.56. The molecule has 0 atom stereocenters. The van der Waals surface area contributed by atoms with Crippen LogP contribution in [0.25, 0.3) is 0 Å². The minimum Gasteiger partial charge on any atom is -0.494 e. The highest BCUT2D eigenvalue weighted by molar-refractivity contribution is 5.28. The Labute approximate surface area is 153 Å². The van der Waals surface area contributed by atoms with E-state index in [9.17, 15) is 0 Å². The summed E-state index contributed by atoms with van der Waals surface area (Å²) in [7, 11) is 0. The molecule has 0 radical (unpaired) electrons. The molecule has 0 fully saturated rings. The van der Waals surface area contributed by atoms with Crippen molar-refractivity contribution in [3.8, 4) is 5.75 Å². The molecule has 0 unspecified atom stereocenters.